The highest BCUT2D eigenvalue weighted by atomic mass is 16.5. The van der Waals surface area contributed by atoms with Gasteiger partial charge in [-0.05, 0) is 26.0 Å². The zero-order valence-electron chi connectivity index (χ0n) is 12.6. The van der Waals surface area contributed by atoms with E-state index in [2.05, 4.69) is 10.2 Å². The number of carbonyl (C=O) groups is 1. The summed E-state index contributed by atoms with van der Waals surface area (Å²) in [7, 11) is 0. The quantitative estimate of drug-likeness (QED) is 0.636. The van der Waals surface area contributed by atoms with Crippen LogP contribution in [0.15, 0.2) is 12.1 Å². The van der Waals surface area contributed by atoms with Crippen LogP contribution in [0.5, 0.6) is 0 Å². The maximum atomic E-state index is 12.2. The second-order valence-electron chi connectivity index (χ2n) is 4.81. The van der Waals surface area contributed by atoms with E-state index in [1.54, 1.807) is 13.0 Å². The Hall–Kier alpha value is -1.95. The van der Waals surface area contributed by atoms with Gasteiger partial charge in [0.05, 0.1) is 42.4 Å². The van der Waals surface area contributed by atoms with E-state index in [0.717, 1.165) is 31.0 Å². The summed E-state index contributed by atoms with van der Waals surface area (Å²) >= 11 is 0. The van der Waals surface area contributed by atoms with Crippen LogP contribution in [-0.2, 0) is 9.47 Å². The van der Waals surface area contributed by atoms with Crippen molar-refractivity contribution in [1.29, 1.82) is 0 Å². The van der Waals surface area contributed by atoms with Crippen molar-refractivity contribution < 1.29 is 14.3 Å². The van der Waals surface area contributed by atoms with Gasteiger partial charge >= 0.3 is 5.97 Å². The molecule has 0 aromatic heterocycles. The number of nitrogens with two attached hydrogens (primary N) is 1. The van der Waals surface area contributed by atoms with Gasteiger partial charge in [-0.3, -0.25) is 0 Å². The second kappa shape index (κ2) is 7.17. The first-order valence-electron chi connectivity index (χ1n) is 7.34. The lowest BCUT2D eigenvalue weighted by Gasteiger charge is -2.31. The Labute approximate surface area is 125 Å². The fraction of sp³-hybridized carbons (Fsp3) is 0.533. The van der Waals surface area contributed by atoms with Gasteiger partial charge in [-0.25, -0.2) is 4.79 Å². The molecule has 1 aliphatic rings. The van der Waals surface area contributed by atoms with Gasteiger partial charge in [-0.1, -0.05) is 0 Å². The van der Waals surface area contributed by atoms with E-state index in [4.69, 9.17) is 15.2 Å². The van der Waals surface area contributed by atoms with Crippen molar-refractivity contribution in [2.24, 2.45) is 0 Å². The van der Waals surface area contributed by atoms with Gasteiger partial charge in [0.2, 0.25) is 0 Å². The molecule has 21 heavy (non-hydrogen) atoms. The molecule has 0 aliphatic carbocycles. The summed E-state index contributed by atoms with van der Waals surface area (Å²) in [5.74, 6) is -0.339. The molecule has 0 unspecified atom stereocenters. The van der Waals surface area contributed by atoms with Crippen molar-refractivity contribution in [2.75, 3.05) is 55.4 Å². The molecule has 2 rings (SSSR count). The van der Waals surface area contributed by atoms with Crippen LogP contribution < -0.4 is 16.0 Å². The minimum absolute atomic E-state index is 0.339. The number of benzene rings is 1. The Morgan fingerprint density at radius 1 is 1.38 bits per heavy atom. The number of nitrogen functional groups attached to an aromatic ring is 1. The molecule has 1 aromatic rings. The lowest BCUT2D eigenvalue weighted by molar-refractivity contribution is 0.0526. The maximum absolute atomic E-state index is 12.2. The van der Waals surface area contributed by atoms with Crippen LogP contribution in [0.25, 0.3) is 0 Å². The number of nitrogens with one attached hydrogen (secondary N) is 1. The number of hydrogen-bond donors (Lipinski definition) is 2. The van der Waals surface area contributed by atoms with E-state index >= 15 is 0 Å². The zero-order valence-corrected chi connectivity index (χ0v) is 12.6. The van der Waals surface area contributed by atoms with Crippen molar-refractivity contribution in [3.05, 3.63) is 17.7 Å². The topological polar surface area (TPSA) is 76.8 Å². The average molecular weight is 293 g/mol. The van der Waals surface area contributed by atoms with Crippen LogP contribution in [-0.4, -0.2) is 45.4 Å². The Morgan fingerprint density at radius 2 is 2.10 bits per heavy atom. The summed E-state index contributed by atoms with van der Waals surface area (Å²) in [5.41, 5.74) is 8.78. The lowest BCUT2D eigenvalue weighted by atomic mass is 10.1. The largest absolute Gasteiger partial charge is 0.462 e. The summed E-state index contributed by atoms with van der Waals surface area (Å²) in [6.45, 7) is 7.73. The first kappa shape index (κ1) is 15.4. The number of anilines is 3. The van der Waals surface area contributed by atoms with E-state index < -0.39 is 0 Å². The number of nitrogens with zero attached hydrogens (tertiary/aromatic N) is 1. The molecule has 1 saturated heterocycles. The van der Waals surface area contributed by atoms with Gasteiger partial charge in [-0.15, -0.1) is 0 Å². The molecule has 0 amide bonds. The van der Waals surface area contributed by atoms with Gasteiger partial charge in [0.1, 0.15) is 0 Å². The number of hydrogen-bond acceptors (Lipinski definition) is 6. The first-order valence-corrected chi connectivity index (χ1v) is 7.34. The van der Waals surface area contributed by atoms with Crippen LogP contribution in [0, 0.1) is 0 Å². The van der Waals surface area contributed by atoms with Gasteiger partial charge in [0, 0.05) is 19.6 Å². The predicted octanol–water partition coefficient (Wildman–Crippen LogP) is 1.71. The van der Waals surface area contributed by atoms with Gasteiger partial charge in [0.15, 0.2) is 0 Å². The monoisotopic (exact) mass is 293 g/mol. The first-order chi connectivity index (χ1) is 10.2. The molecule has 1 aromatic carbocycles. The van der Waals surface area contributed by atoms with E-state index in [-0.39, 0.29) is 5.97 Å². The SMILES string of the molecule is CCNc1cc(N2CCOCC2)c(C(=O)OCC)cc1N. The van der Waals surface area contributed by atoms with Crippen molar-refractivity contribution in [2.45, 2.75) is 13.8 Å². The molecule has 116 valence electrons. The minimum atomic E-state index is -0.339. The van der Waals surface area contributed by atoms with E-state index in [0.29, 0.717) is 31.1 Å². The van der Waals surface area contributed by atoms with Crippen molar-refractivity contribution in [3.8, 4) is 0 Å². The summed E-state index contributed by atoms with van der Waals surface area (Å²) in [5, 5.41) is 3.22. The number of ether oxygens (including phenoxy) is 2. The van der Waals surface area contributed by atoms with E-state index in [1.807, 2.05) is 13.0 Å². The Balaban J connectivity index is 2.40. The average Bonchev–Trinajstić information content (AvgIpc) is 2.50. The van der Waals surface area contributed by atoms with Gasteiger partial charge < -0.3 is 25.4 Å². The molecule has 1 fully saturated rings. The normalized spacial score (nSPS) is 14.9. The zero-order chi connectivity index (χ0) is 15.2. The summed E-state index contributed by atoms with van der Waals surface area (Å²) in [6.07, 6.45) is 0. The predicted molar refractivity (Wildman–Crippen MR) is 84.0 cm³/mol. The molecular formula is C15H23N3O3. The molecule has 1 aliphatic heterocycles. The van der Waals surface area contributed by atoms with E-state index in [9.17, 15) is 4.79 Å². The van der Waals surface area contributed by atoms with Crippen LogP contribution in [0.1, 0.15) is 24.2 Å². The summed E-state index contributed by atoms with van der Waals surface area (Å²) in [4.78, 5) is 14.3. The van der Waals surface area contributed by atoms with Crippen molar-refractivity contribution in [3.63, 3.8) is 0 Å². The number of esters is 1. The van der Waals surface area contributed by atoms with Crippen LogP contribution in [0.2, 0.25) is 0 Å². The van der Waals surface area contributed by atoms with Crippen LogP contribution in [0.3, 0.4) is 0 Å². The maximum Gasteiger partial charge on any atom is 0.340 e. The van der Waals surface area contributed by atoms with Crippen molar-refractivity contribution >= 4 is 23.0 Å². The molecule has 3 N–H and O–H groups in total. The fourth-order valence-electron chi connectivity index (χ4n) is 2.39. The second-order valence-corrected chi connectivity index (χ2v) is 4.81. The molecule has 0 radical (unpaired) electrons. The number of morpholine rings is 1. The lowest BCUT2D eigenvalue weighted by Crippen LogP contribution is -2.37. The van der Waals surface area contributed by atoms with Crippen molar-refractivity contribution in [1.82, 2.24) is 0 Å². The van der Waals surface area contributed by atoms with Gasteiger partial charge in [-0.2, -0.15) is 0 Å². The Morgan fingerprint density at radius 3 is 2.71 bits per heavy atom. The standard InChI is InChI=1S/C15H23N3O3/c1-3-17-13-10-14(18-5-7-20-8-6-18)11(9-12(13)16)15(19)21-4-2/h9-10,17H,3-8,16H2,1-2H3. The highest BCUT2D eigenvalue weighted by molar-refractivity contribution is 5.99. The molecule has 0 atom stereocenters. The number of rotatable bonds is 5. The molecule has 0 spiro atoms. The van der Waals surface area contributed by atoms with Crippen LogP contribution >= 0.6 is 0 Å². The molecule has 0 saturated carbocycles. The smallest absolute Gasteiger partial charge is 0.340 e. The third-order valence-electron chi connectivity index (χ3n) is 3.38. The highest BCUT2D eigenvalue weighted by Gasteiger charge is 2.21. The third kappa shape index (κ3) is 3.58. The molecule has 1 heterocycles. The van der Waals surface area contributed by atoms with E-state index in [1.165, 1.54) is 0 Å². The summed E-state index contributed by atoms with van der Waals surface area (Å²) < 4.78 is 10.5. The number of carbonyl (C=O) groups excluding carboxylic acids is 1. The summed E-state index contributed by atoms with van der Waals surface area (Å²) in [6, 6.07) is 3.62. The molecule has 0 bridgehead atoms. The molecule has 6 nitrogen and oxygen atoms in total. The fourth-order valence-corrected chi connectivity index (χ4v) is 2.39. The van der Waals surface area contributed by atoms with Crippen LogP contribution in [0.4, 0.5) is 17.1 Å². The minimum Gasteiger partial charge on any atom is -0.462 e. The Kier molecular flexibility index (Phi) is 5.27. The highest BCUT2D eigenvalue weighted by Crippen LogP contribution is 2.31. The Bertz CT molecular complexity index is 499. The molecule has 6 heteroatoms. The molecular weight excluding hydrogens is 270 g/mol. The van der Waals surface area contributed by atoms with Gasteiger partial charge in [0.25, 0.3) is 0 Å². The third-order valence-corrected chi connectivity index (χ3v) is 3.38.